The average Bonchev–Trinajstić information content (AvgIpc) is 2.05. The highest BCUT2D eigenvalue weighted by Gasteiger charge is 2.15. The third kappa shape index (κ3) is 1.73. The van der Waals surface area contributed by atoms with Gasteiger partial charge in [0.1, 0.15) is 5.83 Å². The van der Waals surface area contributed by atoms with Gasteiger partial charge in [0.15, 0.2) is 0 Å². The number of hydrogen-bond acceptors (Lipinski definition) is 1. The van der Waals surface area contributed by atoms with Gasteiger partial charge in [0.05, 0.1) is 6.07 Å². The van der Waals surface area contributed by atoms with Gasteiger partial charge in [0.2, 0.25) is 0 Å². The topological polar surface area (TPSA) is 23.8 Å². The van der Waals surface area contributed by atoms with Crippen LogP contribution in [0.4, 0.5) is 4.39 Å². The zero-order valence-corrected chi connectivity index (χ0v) is 7.39. The van der Waals surface area contributed by atoms with Crippen molar-refractivity contribution in [2.45, 2.75) is 26.7 Å². The number of allylic oxidation sites excluding steroid dienone is 4. The lowest BCUT2D eigenvalue weighted by molar-refractivity contribution is 0.552. The molecule has 0 heterocycles. The molecule has 64 valence electrons. The van der Waals surface area contributed by atoms with E-state index in [-0.39, 0.29) is 11.7 Å². The van der Waals surface area contributed by atoms with Gasteiger partial charge >= 0.3 is 0 Å². The lowest BCUT2D eigenvalue weighted by Gasteiger charge is -2.14. The first-order valence-corrected chi connectivity index (χ1v) is 4.14. The minimum atomic E-state index is -0.0519. The molecule has 0 saturated carbocycles. The first kappa shape index (κ1) is 8.99. The molecule has 0 aromatic rings. The van der Waals surface area contributed by atoms with Crippen LogP contribution in [0.3, 0.4) is 0 Å². The predicted octanol–water partition coefficient (Wildman–Crippen LogP) is 3.11. The summed E-state index contributed by atoms with van der Waals surface area (Å²) in [5.74, 6) is 0.123. The van der Waals surface area contributed by atoms with Gasteiger partial charge in [-0.3, -0.25) is 0 Å². The van der Waals surface area contributed by atoms with Crippen molar-refractivity contribution in [3.8, 4) is 6.07 Å². The molecule has 1 aliphatic rings. The largest absolute Gasteiger partial charge is 0.212 e. The third-order valence-electron chi connectivity index (χ3n) is 2.02. The molecular formula is C10H12FN. The summed E-state index contributed by atoms with van der Waals surface area (Å²) in [6, 6.07) is 2.07. The number of nitriles is 1. The highest BCUT2D eigenvalue weighted by molar-refractivity contribution is 5.38. The number of halogens is 1. The maximum Gasteiger partial charge on any atom is 0.104 e. The van der Waals surface area contributed by atoms with Gasteiger partial charge in [-0.1, -0.05) is 13.8 Å². The number of nitrogens with zero attached hydrogens (tertiary/aromatic N) is 1. The fourth-order valence-electron chi connectivity index (χ4n) is 1.30. The predicted molar refractivity (Wildman–Crippen MR) is 45.9 cm³/mol. The van der Waals surface area contributed by atoms with E-state index in [2.05, 4.69) is 6.07 Å². The highest BCUT2D eigenvalue weighted by Crippen LogP contribution is 2.28. The van der Waals surface area contributed by atoms with Crippen LogP contribution in [0.25, 0.3) is 0 Å². The van der Waals surface area contributed by atoms with Gasteiger partial charge in [0.25, 0.3) is 0 Å². The minimum absolute atomic E-state index is 0.0519. The van der Waals surface area contributed by atoms with E-state index in [1.54, 1.807) is 6.08 Å². The fourth-order valence-corrected chi connectivity index (χ4v) is 1.30. The summed E-state index contributed by atoms with van der Waals surface area (Å²) in [7, 11) is 0. The van der Waals surface area contributed by atoms with Crippen molar-refractivity contribution in [1.29, 1.82) is 5.26 Å². The van der Waals surface area contributed by atoms with Crippen molar-refractivity contribution in [3.63, 3.8) is 0 Å². The second-order valence-electron chi connectivity index (χ2n) is 3.30. The van der Waals surface area contributed by atoms with Crippen molar-refractivity contribution in [3.05, 3.63) is 23.0 Å². The summed E-state index contributed by atoms with van der Waals surface area (Å²) >= 11 is 0. The van der Waals surface area contributed by atoms with Crippen LogP contribution in [0.5, 0.6) is 0 Å². The van der Waals surface area contributed by atoms with Crippen molar-refractivity contribution in [1.82, 2.24) is 0 Å². The van der Waals surface area contributed by atoms with E-state index in [0.717, 1.165) is 0 Å². The van der Waals surface area contributed by atoms with Crippen molar-refractivity contribution in [2.24, 2.45) is 5.92 Å². The third-order valence-corrected chi connectivity index (χ3v) is 2.02. The van der Waals surface area contributed by atoms with E-state index in [1.165, 1.54) is 0 Å². The summed E-state index contributed by atoms with van der Waals surface area (Å²) in [5.41, 5.74) is 1.39. The number of rotatable bonds is 1. The van der Waals surface area contributed by atoms with E-state index in [9.17, 15) is 4.39 Å². The molecule has 1 nitrogen and oxygen atoms in total. The van der Waals surface area contributed by atoms with Crippen LogP contribution in [0, 0.1) is 17.2 Å². The van der Waals surface area contributed by atoms with Crippen LogP contribution < -0.4 is 0 Å². The molecule has 0 radical (unpaired) electrons. The Labute approximate surface area is 72.2 Å². The Balaban J connectivity index is 2.96. The van der Waals surface area contributed by atoms with Crippen LogP contribution >= 0.6 is 0 Å². The van der Waals surface area contributed by atoms with Crippen LogP contribution in [0.15, 0.2) is 23.0 Å². The quantitative estimate of drug-likeness (QED) is 0.585. The molecule has 0 aromatic carbocycles. The van der Waals surface area contributed by atoms with E-state index < -0.39 is 0 Å². The molecule has 0 atom stereocenters. The molecule has 0 amide bonds. The normalized spacial score (nSPS) is 17.8. The second kappa shape index (κ2) is 3.53. The Morgan fingerprint density at radius 2 is 2.17 bits per heavy atom. The molecule has 0 aliphatic heterocycles. The fraction of sp³-hybridized carbons (Fsp3) is 0.500. The zero-order chi connectivity index (χ0) is 9.14. The second-order valence-corrected chi connectivity index (χ2v) is 3.30. The molecule has 2 heteroatoms. The molecule has 0 fully saturated rings. The molecule has 1 rings (SSSR count). The summed E-state index contributed by atoms with van der Waals surface area (Å²) in [4.78, 5) is 0. The first-order chi connectivity index (χ1) is 5.65. The molecule has 1 aliphatic carbocycles. The Hall–Kier alpha value is -1.10. The summed E-state index contributed by atoms with van der Waals surface area (Å²) in [5, 5.41) is 8.61. The van der Waals surface area contributed by atoms with Crippen LogP contribution in [-0.4, -0.2) is 0 Å². The van der Waals surface area contributed by atoms with Gasteiger partial charge in [-0.15, -0.1) is 0 Å². The van der Waals surface area contributed by atoms with Crippen molar-refractivity contribution >= 4 is 0 Å². The van der Waals surface area contributed by atoms with Crippen LogP contribution in [-0.2, 0) is 0 Å². The van der Waals surface area contributed by atoms with Crippen LogP contribution in [0.1, 0.15) is 26.7 Å². The van der Waals surface area contributed by atoms with E-state index in [1.807, 2.05) is 13.8 Å². The lowest BCUT2D eigenvalue weighted by atomic mass is 9.92. The molecule has 12 heavy (non-hydrogen) atoms. The highest BCUT2D eigenvalue weighted by atomic mass is 19.1. The smallest absolute Gasteiger partial charge is 0.104 e. The average molecular weight is 165 g/mol. The van der Waals surface area contributed by atoms with Gasteiger partial charge in [-0.2, -0.15) is 5.26 Å². The Bertz CT molecular complexity index is 279. The summed E-state index contributed by atoms with van der Waals surface area (Å²) < 4.78 is 13.1. The summed E-state index contributed by atoms with van der Waals surface area (Å²) in [6.07, 6.45) is 2.63. The van der Waals surface area contributed by atoms with E-state index >= 15 is 0 Å². The Morgan fingerprint density at radius 3 is 2.67 bits per heavy atom. The Kier molecular flexibility index (Phi) is 2.65. The monoisotopic (exact) mass is 165 g/mol. The van der Waals surface area contributed by atoms with Crippen molar-refractivity contribution < 1.29 is 4.39 Å². The van der Waals surface area contributed by atoms with Gasteiger partial charge < -0.3 is 0 Å². The van der Waals surface area contributed by atoms with E-state index in [0.29, 0.717) is 24.0 Å². The first-order valence-electron chi connectivity index (χ1n) is 4.14. The summed E-state index contributed by atoms with van der Waals surface area (Å²) in [6.45, 7) is 3.87. The maximum atomic E-state index is 13.1. The maximum absolute atomic E-state index is 13.1. The number of hydrogen-bond donors (Lipinski definition) is 0. The molecule has 0 spiro atoms. The lowest BCUT2D eigenvalue weighted by Crippen LogP contribution is -2.01. The standard InChI is InChI=1S/C10H12FN/c1-7(2)9-5-8(6-12)3-4-10(9)11/h5,7H,3-4H2,1-2H3. The van der Waals surface area contributed by atoms with Gasteiger partial charge in [-0.05, 0) is 24.0 Å². The molecule has 0 bridgehead atoms. The van der Waals surface area contributed by atoms with Crippen LogP contribution in [0.2, 0.25) is 0 Å². The molecule has 0 unspecified atom stereocenters. The van der Waals surface area contributed by atoms with Crippen molar-refractivity contribution in [2.75, 3.05) is 0 Å². The minimum Gasteiger partial charge on any atom is -0.212 e. The van der Waals surface area contributed by atoms with E-state index in [4.69, 9.17) is 5.26 Å². The molecule has 0 saturated heterocycles. The van der Waals surface area contributed by atoms with Gasteiger partial charge in [0, 0.05) is 12.0 Å². The van der Waals surface area contributed by atoms with Gasteiger partial charge in [-0.25, -0.2) is 4.39 Å². The molecular weight excluding hydrogens is 153 g/mol. The Morgan fingerprint density at radius 1 is 1.50 bits per heavy atom. The zero-order valence-electron chi connectivity index (χ0n) is 7.39. The SMILES string of the molecule is CC(C)C1=C(F)CCC(C#N)=C1. The molecule has 0 N–H and O–H groups in total. The molecule has 0 aromatic heterocycles.